The Balaban J connectivity index is 1.69. The van der Waals surface area contributed by atoms with Gasteiger partial charge in [0.2, 0.25) is 0 Å². The topological polar surface area (TPSA) is 83.9 Å². The molecule has 0 radical (unpaired) electrons. The summed E-state index contributed by atoms with van der Waals surface area (Å²) in [5.41, 5.74) is 3.65. The number of fused-ring (bicyclic) bond motifs is 1. The monoisotopic (exact) mass is 418 g/mol. The summed E-state index contributed by atoms with van der Waals surface area (Å²) in [6, 6.07) is 9.46. The largest absolute Gasteiger partial charge is 0.433 e. The number of nitrogens with zero attached hydrogens (tertiary/aromatic N) is 3. The van der Waals surface area contributed by atoms with Gasteiger partial charge in [0.15, 0.2) is 0 Å². The van der Waals surface area contributed by atoms with Gasteiger partial charge in [0, 0.05) is 6.21 Å². The third-order valence-electron chi connectivity index (χ3n) is 5.00. The van der Waals surface area contributed by atoms with Crippen LogP contribution in [-0.2, 0) is 0 Å². The molecule has 1 saturated heterocycles. The van der Waals surface area contributed by atoms with Gasteiger partial charge in [0.05, 0.1) is 23.0 Å². The zero-order valence-electron chi connectivity index (χ0n) is 14.4. The fourth-order valence-electron chi connectivity index (χ4n) is 3.78. The van der Waals surface area contributed by atoms with Crippen LogP contribution in [0, 0.1) is 24.0 Å². The minimum absolute atomic E-state index is 0.0383. The highest BCUT2D eigenvalue weighted by molar-refractivity contribution is 9.10. The third kappa shape index (κ3) is 2.93. The molecule has 4 atom stereocenters. The summed E-state index contributed by atoms with van der Waals surface area (Å²) < 4.78 is 5.47. The number of hydrazone groups is 1. The molecule has 1 aromatic heterocycles. The van der Waals surface area contributed by atoms with Crippen molar-refractivity contribution < 1.29 is 9.34 Å². The van der Waals surface area contributed by atoms with Crippen LogP contribution in [0.5, 0.6) is 0 Å². The minimum Gasteiger partial charge on any atom is -0.404 e. The van der Waals surface area contributed by atoms with Gasteiger partial charge >= 0.3 is 5.88 Å². The van der Waals surface area contributed by atoms with Crippen LogP contribution in [0.4, 0.5) is 5.88 Å². The molecule has 1 fully saturated rings. The molecule has 3 heterocycles. The lowest BCUT2D eigenvalue weighted by atomic mass is 9.90. The second-order valence-corrected chi connectivity index (χ2v) is 7.86. The molecule has 4 unspecified atom stereocenters. The number of rotatable bonds is 3. The molecule has 2 aromatic rings. The van der Waals surface area contributed by atoms with E-state index in [2.05, 4.69) is 63.4 Å². The van der Waals surface area contributed by atoms with Crippen molar-refractivity contribution in [1.29, 1.82) is 0 Å². The van der Waals surface area contributed by atoms with Crippen molar-refractivity contribution in [2.24, 2.45) is 5.10 Å². The summed E-state index contributed by atoms with van der Waals surface area (Å²) >= 11 is 3.65. The van der Waals surface area contributed by atoms with E-state index in [1.54, 1.807) is 6.07 Å². The molecule has 8 heteroatoms. The van der Waals surface area contributed by atoms with Gasteiger partial charge in [0.1, 0.15) is 16.8 Å². The zero-order valence-corrected chi connectivity index (χ0v) is 16.0. The average molecular weight is 419 g/mol. The normalized spacial score (nSPS) is 27.6. The number of nitro groups is 1. The van der Waals surface area contributed by atoms with E-state index < -0.39 is 4.92 Å². The Hall–Kier alpha value is -2.19. The summed E-state index contributed by atoms with van der Waals surface area (Å²) in [7, 11) is 0. The Morgan fingerprint density at radius 1 is 1.35 bits per heavy atom. The Bertz CT molecular complexity index is 881. The van der Waals surface area contributed by atoms with Crippen LogP contribution in [0.25, 0.3) is 0 Å². The Labute approximate surface area is 159 Å². The van der Waals surface area contributed by atoms with Gasteiger partial charge in [-0.25, -0.2) is 0 Å². The molecule has 0 bridgehead atoms. The number of nitrogens with one attached hydrogen (secondary N) is 1. The van der Waals surface area contributed by atoms with Crippen LogP contribution >= 0.6 is 15.9 Å². The van der Waals surface area contributed by atoms with E-state index in [1.807, 2.05) is 6.21 Å². The smallest absolute Gasteiger partial charge is 0.404 e. The SMILES string of the molecule is Cc1ccc(C2CC(c3ccc([N+](=O)[O-])o3)NC3C(Br)C=NN23)c(C)c1. The quantitative estimate of drug-likeness (QED) is 0.463. The first-order valence-electron chi connectivity index (χ1n) is 8.48. The highest BCUT2D eigenvalue weighted by atomic mass is 79.9. The van der Waals surface area contributed by atoms with Crippen LogP contribution < -0.4 is 5.32 Å². The molecule has 2 aliphatic heterocycles. The van der Waals surface area contributed by atoms with E-state index in [-0.39, 0.29) is 29.0 Å². The number of hydrogen-bond donors (Lipinski definition) is 1. The molecular weight excluding hydrogens is 400 g/mol. The molecule has 7 nitrogen and oxygen atoms in total. The first kappa shape index (κ1) is 17.2. The molecule has 0 spiro atoms. The van der Waals surface area contributed by atoms with Crippen LogP contribution in [0.1, 0.15) is 41.0 Å². The molecule has 0 saturated carbocycles. The maximum absolute atomic E-state index is 10.9. The predicted molar refractivity (Wildman–Crippen MR) is 101 cm³/mol. The summed E-state index contributed by atoms with van der Waals surface area (Å²) in [4.78, 5) is 10.5. The molecule has 136 valence electrons. The van der Waals surface area contributed by atoms with E-state index in [0.717, 1.165) is 0 Å². The predicted octanol–water partition coefficient (Wildman–Crippen LogP) is 3.97. The second-order valence-electron chi connectivity index (χ2n) is 6.80. The lowest BCUT2D eigenvalue weighted by molar-refractivity contribution is -0.402. The number of furan rings is 1. The van der Waals surface area contributed by atoms with E-state index >= 15 is 0 Å². The third-order valence-corrected chi connectivity index (χ3v) is 5.74. The maximum Gasteiger partial charge on any atom is 0.433 e. The van der Waals surface area contributed by atoms with Gasteiger partial charge in [-0.05, 0) is 37.5 Å². The fourth-order valence-corrected chi connectivity index (χ4v) is 4.28. The lowest BCUT2D eigenvalue weighted by Crippen LogP contribution is -2.53. The van der Waals surface area contributed by atoms with Crippen LogP contribution in [-0.4, -0.2) is 27.1 Å². The van der Waals surface area contributed by atoms with Crippen molar-refractivity contribution in [1.82, 2.24) is 10.3 Å². The van der Waals surface area contributed by atoms with Crippen LogP contribution in [0.2, 0.25) is 0 Å². The Morgan fingerprint density at radius 2 is 2.15 bits per heavy atom. The summed E-state index contributed by atoms with van der Waals surface area (Å²) in [5.74, 6) is 0.350. The molecule has 1 aromatic carbocycles. The van der Waals surface area contributed by atoms with Gasteiger partial charge in [-0.3, -0.25) is 20.4 Å². The first-order valence-corrected chi connectivity index (χ1v) is 9.39. The highest BCUT2D eigenvalue weighted by Crippen LogP contribution is 2.42. The molecule has 0 amide bonds. The molecule has 0 aliphatic carbocycles. The van der Waals surface area contributed by atoms with Crippen molar-refractivity contribution in [2.75, 3.05) is 0 Å². The van der Waals surface area contributed by atoms with Gasteiger partial charge in [-0.1, -0.05) is 39.7 Å². The highest BCUT2D eigenvalue weighted by Gasteiger charge is 2.43. The average Bonchev–Trinajstić information content (AvgIpc) is 3.22. The Morgan fingerprint density at radius 3 is 2.85 bits per heavy atom. The Kier molecular flexibility index (Phi) is 4.32. The van der Waals surface area contributed by atoms with Gasteiger partial charge in [-0.15, -0.1) is 0 Å². The van der Waals surface area contributed by atoms with Crippen LogP contribution in [0.3, 0.4) is 0 Å². The van der Waals surface area contributed by atoms with E-state index in [1.165, 1.54) is 22.8 Å². The van der Waals surface area contributed by atoms with Crippen molar-refractivity contribution in [3.05, 3.63) is 62.9 Å². The van der Waals surface area contributed by atoms with Crippen molar-refractivity contribution in [3.63, 3.8) is 0 Å². The minimum atomic E-state index is -0.508. The maximum atomic E-state index is 10.9. The standard InChI is InChI=1S/C18H19BrN4O3/c1-10-3-4-12(11(2)7-10)15-8-14(16-5-6-17(26-16)23(24)25)21-18-13(19)9-20-22(15)18/h3-7,9,13-15,18,21H,8H2,1-2H3. The molecular formula is C18H19BrN4O3. The summed E-state index contributed by atoms with van der Waals surface area (Å²) in [6.45, 7) is 4.19. The lowest BCUT2D eigenvalue weighted by Gasteiger charge is -2.42. The van der Waals surface area contributed by atoms with E-state index in [0.29, 0.717) is 12.2 Å². The number of alkyl halides is 1. The zero-order chi connectivity index (χ0) is 18.4. The van der Waals surface area contributed by atoms with Gasteiger partial charge in [0.25, 0.3) is 0 Å². The van der Waals surface area contributed by atoms with Gasteiger partial charge < -0.3 is 4.42 Å². The fraction of sp³-hybridized carbons (Fsp3) is 0.389. The van der Waals surface area contributed by atoms with E-state index in [9.17, 15) is 10.1 Å². The van der Waals surface area contributed by atoms with Gasteiger partial charge in [-0.2, -0.15) is 5.10 Å². The summed E-state index contributed by atoms with van der Waals surface area (Å²) in [5, 5.41) is 21.1. The number of halogens is 1. The van der Waals surface area contributed by atoms with Crippen molar-refractivity contribution in [2.45, 2.75) is 43.3 Å². The van der Waals surface area contributed by atoms with Crippen molar-refractivity contribution >= 4 is 28.0 Å². The molecule has 2 aliphatic rings. The summed E-state index contributed by atoms with van der Waals surface area (Å²) in [6.07, 6.45) is 2.55. The van der Waals surface area contributed by atoms with Crippen LogP contribution in [0.15, 0.2) is 39.9 Å². The molecule has 4 rings (SSSR count). The van der Waals surface area contributed by atoms with E-state index in [4.69, 9.17) is 4.42 Å². The molecule has 26 heavy (non-hydrogen) atoms. The molecule has 1 N–H and O–H groups in total. The number of aryl methyl sites for hydroxylation is 2. The number of hydrogen-bond acceptors (Lipinski definition) is 6. The van der Waals surface area contributed by atoms with Crippen molar-refractivity contribution in [3.8, 4) is 0 Å². The second kappa shape index (κ2) is 6.51. The number of benzene rings is 1. The first-order chi connectivity index (χ1) is 12.4.